The molecular formula is C17H20N6O6. The fourth-order valence-corrected chi connectivity index (χ4v) is 3.62. The van der Waals surface area contributed by atoms with Crippen molar-refractivity contribution >= 4 is 34.4 Å². The van der Waals surface area contributed by atoms with Crippen molar-refractivity contribution in [3.63, 3.8) is 0 Å². The third-order valence-corrected chi connectivity index (χ3v) is 5.06. The molecule has 1 fully saturated rings. The average Bonchev–Trinajstić information content (AvgIpc) is 3.12. The van der Waals surface area contributed by atoms with Crippen LogP contribution in [-0.2, 0) is 14.3 Å². The summed E-state index contributed by atoms with van der Waals surface area (Å²) in [5.41, 5.74) is 4.48. The number of anilines is 1. The molecule has 4 heterocycles. The van der Waals surface area contributed by atoms with E-state index in [9.17, 15) is 24.9 Å². The number of hydrogen-bond acceptors (Lipinski definition) is 9. The van der Waals surface area contributed by atoms with Crippen molar-refractivity contribution in [3.8, 4) is 0 Å². The molecule has 154 valence electrons. The highest BCUT2D eigenvalue weighted by molar-refractivity contribution is 6.14. The first-order valence-corrected chi connectivity index (χ1v) is 8.83. The normalized spacial score (nSPS) is 28.8. The second-order valence-corrected chi connectivity index (χ2v) is 7.05. The number of aliphatic hydroxyl groups excluding tert-OH is 2. The monoisotopic (exact) mass is 404 g/mol. The largest absolute Gasteiger partial charge is 0.394 e. The van der Waals surface area contributed by atoms with E-state index < -0.39 is 42.5 Å². The quantitative estimate of drug-likeness (QED) is 0.329. The van der Waals surface area contributed by atoms with Gasteiger partial charge in [-0.15, -0.1) is 0 Å². The van der Waals surface area contributed by atoms with Crippen LogP contribution in [0.5, 0.6) is 0 Å². The lowest BCUT2D eigenvalue weighted by atomic mass is 9.96. The minimum absolute atomic E-state index is 0.173. The number of ether oxygens (including phenoxy) is 1. The van der Waals surface area contributed by atoms with Gasteiger partial charge in [-0.05, 0) is 6.92 Å². The molecule has 0 saturated carbocycles. The van der Waals surface area contributed by atoms with Gasteiger partial charge in [0, 0.05) is 17.8 Å². The second kappa shape index (κ2) is 6.86. The smallest absolute Gasteiger partial charge is 0.251 e. The highest BCUT2D eigenvalue weighted by Crippen LogP contribution is 2.42. The summed E-state index contributed by atoms with van der Waals surface area (Å²) in [5.74, 6) is -0.802. The Morgan fingerprint density at radius 1 is 1.48 bits per heavy atom. The van der Waals surface area contributed by atoms with Crippen molar-refractivity contribution in [2.24, 2.45) is 5.73 Å². The number of hydrogen-bond donors (Lipinski definition) is 6. The van der Waals surface area contributed by atoms with Gasteiger partial charge < -0.3 is 41.0 Å². The van der Waals surface area contributed by atoms with Crippen LogP contribution in [0.3, 0.4) is 0 Å². The van der Waals surface area contributed by atoms with Gasteiger partial charge in [0.25, 0.3) is 5.91 Å². The molecule has 0 radical (unpaired) electrons. The molecule has 0 aliphatic carbocycles. The summed E-state index contributed by atoms with van der Waals surface area (Å²) in [6.45, 7) is 0.603. The van der Waals surface area contributed by atoms with E-state index in [4.69, 9.17) is 10.5 Å². The molecule has 0 aromatic carbocycles. The number of carbonyl (C=O) groups is 2. The Kier molecular flexibility index (Phi) is 4.59. The van der Waals surface area contributed by atoms with Gasteiger partial charge in [0.2, 0.25) is 5.91 Å². The van der Waals surface area contributed by atoms with E-state index in [1.807, 2.05) is 0 Å². The molecule has 2 aliphatic heterocycles. The summed E-state index contributed by atoms with van der Waals surface area (Å²) in [6.07, 6.45) is 0.488. The SMILES string of the molecule is CC1(O)[C@H](O)[C@@H](CO)O[C@H]1n1cc2c3c(ncnc31)NC(=O)C=C2NC(=O)CN. The third-order valence-electron chi connectivity index (χ3n) is 5.06. The molecule has 2 amide bonds. The Balaban J connectivity index is 1.91. The van der Waals surface area contributed by atoms with Gasteiger partial charge >= 0.3 is 0 Å². The van der Waals surface area contributed by atoms with Crippen LogP contribution in [0.2, 0.25) is 0 Å². The molecule has 12 heteroatoms. The van der Waals surface area contributed by atoms with Crippen molar-refractivity contribution < 1.29 is 29.6 Å². The van der Waals surface area contributed by atoms with Crippen molar-refractivity contribution in [1.29, 1.82) is 0 Å². The summed E-state index contributed by atoms with van der Waals surface area (Å²) in [4.78, 5) is 32.3. The average molecular weight is 404 g/mol. The van der Waals surface area contributed by atoms with Gasteiger partial charge in [-0.25, -0.2) is 9.97 Å². The number of nitrogens with one attached hydrogen (secondary N) is 2. The number of nitrogens with zero attached hydrogens (tertiary/aromatic N) is 3. The molecule has 1 saturated heterocycles. The molecule has 4 atom stereocenters. The van der Waals surface area contributed by atoms with Gasteiger partial charge in [-0.1, -0.05) is 0 Å². The highest BCUT2D eigenvalue weighted by atomic mass is 16.6. The van der Waals surface area contributed by atoms with E-state index in [2.05, 4.69) is 20.6 Å². The zero-order chi connectivity index (χ0) is 20.9. The van der Waals surface area contributed by atoms with E-state index >= 15 is 0 Å². The fourth-order valence-electron chi connectivity index (χ4n) is 3.62. The summed E-state index contributed by atoms with van der Waals surface area (Å²) in [5, 5.41) is 36.2. The van der Waals surface area contributed by atoms with E-state index in [1.54, 1.807) is 0 Å². The van der Waals surface area contributed by atoms with Crippen LogP contribution in [0, 0.1) is 0 Å². The molecule has 7 N–H and O–H groups in total. The Morgan fingerprint density at radius 3 is 2.90 bits per heavy atom. The summed E-state index contributed by atoms with van der Waals surface area (Å²) in [7, 11) is 0. The van der Waals surface area contributed by atoms with Gasteiger partial charge in [0.05, 0.1) is 24.2 Å². The van der Waals surface area contributed by atoms with Gasteiger partial charge in [-0.2, -0.15) is 0 Å². The first kappa shape index (κ1) is 19.4. The zero-order valence-corrected chi connectivity index (χ0v) is 15.4. The lowest BCUT2D eigenvalue weighted by molar-refractivity contribution is -0.118. The molecule has 12 nitrogen and oxygen atoms in total. The molecule has 2 aromatic rings. The maximum absolute atomic E-state index is 12.2. The first-order valence-electron chi connectivity index (χ1n) is 8.83. The van der Waals surface area contributed by atoms with Crippen LogP contribution >= 0.6 is 0 Å². The minimum atomic E-state index is -1.75. The zero-order valence-electron chi connectivity index (χ0n) is 15.4. The van der Waals surface area contributed by atoms with E-state index in [0.717, 1.165) is 0 Å². The maximum atomic E-state index is 12.2. The Hall–Kier alpha value is -2.90. The number of aromatic nitrogens is 3. The van der Waals surface area contributed by atoms with Gasteiger partial charge in [0.1, 0.15) is 35.6 Å². The number of carbonyl (C=O) groups excluding carboxylic acids is 2. The van der Waals surface area contributed by atoms with Gasteiger partial charge in [0.15, 0.2) is 6.23 Å². The Bertz CT molecular complexity index is 1030. The fraction of sp³-hybridized carbons (Fsp3) is 0.412. The predicted molar refractivity (Wildman–Crippen MR) is 99.0 cm³/mol. The van der Waals surface area contributed by atoms with Crippen LogP contribution in [0.4, 0.5) is 5.82 Å². The van der Waals surface area contributed by atoms with E-state index in [1.165, 1.54) is 30.1 Å². The highest BCUT2D eigenvalue weighted by Gasteiger charge is 2.53. The summed E-state index contributed by atoms with van der Waals surface area (Å²) < 4.78 is 7.15. The van der Waals surface area contributed by atoms with E-state index in [0.29, 0.717) is 10.9 Å². The first-order chi connectivity index (χ1) is 13.8. The molecule has 2 aliphatic rings. The lowest BCUT2D eigenvalue weighted by Gasteiger charge is -2.27. The van der Waals surface area contributed by atoms with Crippen molar-refractivity contribution in [2.45, 2.75) is 31.0 Å². The van der Waals surface area contributed by atoms with Crippen molar-refractivity contribution in [3.05, 3.63) is 24.2 Å². The molecular weight excluding hydrogens is 384 g/mol. The Morgan fingerprint density at radius 2 is 2.24 bits per heavy atom. The van der Waals surface area contributed by atoms with Crippen LogP contribution in [0.25, 0.3) is 16.7 Å². The second-order valence-electron chi connectivity index (χ2n) is 7.05. The molecule has 0 spiro atoms. The van der Waals surface area contributed by atoms with Gasteiger partial charge in [-0.3, -0.25) is 9.59 Å². The molecule has 0 bridgehead atoms. The standard InChI is InChI=1S/C17H20N6O6/c1-17(28)13(27)9(5-24)29-16(17)23-4-7-8(21-11(26)3-18)2-10(25)22-14-12(7)15(23)20-6-19-14/h2,4,6,9,13,16,24,27-28H,3,5,18H2,1H3,(H,21,26)(H,19,20,22,25)/t9-,13-,16-,17?/m1/s1. The molecule has 29 heavy (non-hydrogen) atoms. The number of nitrogens with two attached hydrogens (primary N) is 1. The number of amides is 2. The number of rotatable bonds is 4. The lowest BCUT2D eigenvalue weighted by Crippen LogP contribution is -2.44. The third kappa shape index (κ3) is 2.97. The molecule has 1 unspecified atom stereocenters. The Labute approximate surface area is 164 Å². The van der Waals surface area contributed by atoms with E-state index in [-0.39, 0.29) is 23.7 Å². The molecule has 2 aromatic heterocycles. The molecule has 4 rings (SSSR count). The summed E-state index contributed by atoms with van der Waals surface area (Å²) in [6, 6.07) is 0. The van der Waals surface area contributed by atoms with Crippen molar-refractivity contribution in [1.82, 2.24) is 19.9 Å². The van der Waals surface area contributed by atoms with Crippen LogP contribution in [-0.4, -0.2) is 72.6 Å². The maximum Gasteiger partial charge on any atom is 0.251 e. The summed E-state index contributed by atoms with van der Waals surface area (Å²) >= 11 is 0. The topological polar surface area (TPSA) is 185 Å². The minimum Gasteiger partial charge on any atom is -0.394 e. The van der Waals surface area contributed by atoms with Crippen molar-refractivity contribution in [2.75, 3.05) is 18.5 Å². The van der Waals surface area contributed by atoms with Crippen LogP contribution < -0.4 is 16.4 Å². The van der Waals surface area contributed by atoms with Crippen LogP contribution in [0.15, 0.2) is 18.6 Å². The number of aliphatic hydroxyl groups is 3. The van der Waals surface area contributed by atoms with Crippen LogP contribution in [0.1, 0.15) is 18.7 Å². The predicted octanol–water partition coefficient (Wildman–Crippen LogP) is -2.20.